The number of nitrogens with zero attached hydrogens (tertiary/aromatic N) is 1. The van der Waals surface area contributed by atoms with Gasteiger partial charge in [0.15, 0.2) is 0 Å². The second-order valence-corrected chi connectivity index (χ2v) is 5.86. The van der Waals surface area contributed by atoms with Gasteiger partial charge in [0.05, 0.1) is 5.75 Å². The van der Waals surface area contributed by atoms with Gasteiger partial charge >= 0.3 is 0 Å². The number of rotatable bonds is 2. The average Bonchev–Trinajstić information content (AvgIpc) is 1.78. The van der Waals surface area contributed by atoms with Crippen LogP contribution in [0.5, 0.6) is 0 Å². The van der Waals surface area contributed by atoms with Crippen LogP contribution in [0.25, 0.3) is 0 Å². The Labute approximate surface area is 90.1 Å². The first kappa shape index (κ1) is 11.0. The maximum atomic E-state index is 10.7. The molecule has 0 radical (unpaired) electrons. The largest absolute Gasteiger partial charge is 0.236 e. The third kappa shape index (κ3) is 4.13. The lowest BCUT2D eigenvalue weighted by Crippen LogP contribution is -1.95. The Morgan fingerprint density at radius 2 is 1.69 bits per heavy atom. The Morgan fingerprint density at radius 3 is 2.08 bits per heavy atom. The predicted molar refractivity (Wildman–Crippen MR) is 52.7 cm³/mol. The first-order valence-electron chi connectivity index (χ1n) is 3.11. The van der Waals surface area contributed by atoms with Gasteiger partial charge in [-0.05, 0) is 17.7 Å². The molecule has 0 spiro atoms. The van der Waals surface area contributed by atoms with Gasteiger partial charge in [-0.2, -0.15) is 0 Å². The zero-order chi connectivity index (χ0) is 10.1. The predicted octanol–water partition coefficient (Wildman–Crippen LogP) is 2.46. The van der Waals surface area contributed by atoms with E-state index < -0.39 is 9.05 Å². The SMILES string of the molecule is O=S(=O)(Cl)Cc1cc(Cl)nc(Cl)c1. The van der Waals surface area contributed by atoms with E-state index in [0.29, 0.717) is 5.56 Å². The summed E-state index contributed by atoms with van der Waals surface area (Å²) in [5, 5.41) is 0.283. The first-order chi connectivity index (χ1) is 5.87. The van der Waals surface area contributed by atoms with Crippen molar-refractivity contribution in [3.05, 3.63) is 28.0 Å². The minimum Gasteiger partial charge on any atom is -0.224 e. The summed E-state index contributed by atoms with van der Waals surface area (Å²) in [5.74, 6) is -0.309. The van der Waals surface area contributed by atoms with E-state index in [2.05, 4.69) is 4.98 Å². The van der Waals surface area contributed by atoms with Crippen molar-refractivity contribution in [2.45, 2.75) is 5.75 Å². The van der Waals surface area contributed by atoms with Crippen molar-refractivity contribution < 1.29 is 8.42 Å². The first-order valence-corrected chi connectivity index (χ1v) is 6.34. The quantitative estimate of drug-likeness (QED) is 0.606. The molecule has 1 aromatic heterocycles. The summed E-state index contributed by atoms with van der Waals surface area (Å²) in [5.41, 5.74) is 0.417. The van der Waals surface area contributed by atoms with Crippen molar-refractivity contribution >= 4 is 42.9 Å². The van der Waals surface area contributed by atoms with Gasteiger partial charge in [-0.1, -0.05) is 23.2 Å². The molecule has 1 heterocycles. The van der Waals surface area contributed by atoms with Crippen molar-refractivity contribution in [1.29, 1.82) is 0 Å². The average molecular weight is 261 g/mol. The Kier molecular flexibility index (Phi) is 3.40. The third-order valence-electron chi connectivity index (χ3n) is 1.16. The van der Waals surface area contributed by atoms with E-state index in [1.54, 1.807) is 0 Å². The van der Waals surface area contributed by atoms with Crippen LogP contribution in [0.2, 0.25) is 10.3 Å². The molecule has 0 aromatic carbocycles. The molecule has 0 aliphatic carbocycles. The summed E-state index contributed by atoms with van der Waals surface area (Å²) in [6.07, 6.45) is 0. The van der Waals surface area contributed by atoms with Crippen LogP contribution >= 0.6 is 33.9 Å². The molecule has 72 valence electrons. The van der Waals surface area contributed by atoms with E-state index in [0.717, 1.165) is 0 Å². The molecule has 0 N–H and O–H groups in total. The lowest BCUT2D eigenvalue weighted by molar-refractivity contribution is 0.609. The summed E-state index contributed by atoms with van der Waals surface area (Å²) >= 11 is 11.1. The highest BCUT2D eigenvalue weighted by molar-refractivity contribution is 8.13. The van der Waals surface area contributed by atoms with Gasteiger partial charge in [0, 0.05) is 10.7 Å². The molecular formula is C6H4Cl3NO2S. The van der Waals surface area contributed by atoms with E-state index >= 15 is 0 Å². The molecule has 0 aliphatic rings. The molecule has 7 heteroatoms. The third-order valence-corrected chi connectivity index (χ3v) is 2.55. The van der Waals surface area contributed by atoms with E-state index in [1.807, 2.05) is 0 Å². The van der Waals surface area contributed by atoms with Gasteiger partial charge in [0.2, 0.25) is 9.05 Å². The number of hydrogen-bond donors (Lipinski definition) is 0. The Hall–Kier alpha value is -0.0300. The molecule has 0 fully saturated rings. The fourth-order valence-corrected chi connectivity index (χ4v) is 2.25. The Bertz CT molecular complexity index is 398. The van der Waals surface area contributed by atoms with Gasteiger partial charge in [-0.15, -0.1) is 0 Å². The lowest BCUT2D eigenvalue weighted by atomic mass is 10.3. The fraction of sp³-hybridized carbons (Fsp3) is 0.167. The minimum atomic E-state index is -3.58. The van der Waals surface area contributed by atoms with Crippen molar-refractivity contribution in [2.24, 2.45) is 0 Å². The van der Waals surface area contributed by atoms with Crippen molar-refractivity contribution in [3.8, 4) is 0 Å². The molecule has 0 aliphatic heterocycles. The summed E-state index contributed by atoms with van der Waals surface area (Å²) < 4.78 is 21.4. The van der Waals surface area contributed by atoms with E-state index in [1.165, 1.54) is 12.1 Å². The van der Waals surface area contributed by atoms with Crippen LogP contribution in [0, 0.1) is 0 Å². The number of hydrogen-bond acceptors (Lipinski definition) is 3. The van der Waals surface area contributed by atoms with Crippen molar-refractivity contribution in [3.63, 3.8) is 0 Å². The van der Waals surface area contributed by atoms with Crippen LogP contribution in [0.1, 0.15) is 5.56 Å². The molecule has 1 aromatic rings. The smallest absolute Gasteiger partial charge is 0.224 e. The summed E-state index contributed by atoms with van der Waals surface area (Å²) in [6.45, 7) is 0. The van der Waals surface area contributed by atoms with Crippen LogP contribution in [-0.2, 0) is 14.8 Å². The van der Waals surface area contributed by atoms with E-state index in [4.69, 9.17) is 33.9 Å². The number of pyridine rings is 1. The molecule has 0 saturated heterocycles. The summed E-state index contributed by atoms with van der Waals surface area (Å²) in [6, 6.07) is 2.79. The molecule has 3 nitrogen and oxygen atoms in total. The number of aromatic nitrogens is 1. The van der Waals surface area contributed by atoms with Gasteiger partial charge in [-0.3, -0.25) is 0 Å². The molecule has 1 rings (SSSR count). The molecule has 0 atom stereocenters. The maximum Gasteiger partial charge on any atom is 0.236 e. The lowest BCUT2D eigenvalue weighted by Gasteiger charge is -1.98. The molecule has 0 amide bonds. The van der Waals surface area contributed by atoms with Gasteiger partial charge < -0.3 is 0 Å². The van der Waals surface area contributed by atoms with Gasteiger partial charge in [0.25, 0.3) is 0 Å². The van der Waals surface area contributed by atoms with Gasteiger partial charge in [-0.25, -0.2) is 13.4 Å². The minimum absolute atomic E-state index is 0.141. The van der Waals surface area contributed by atoms with Crippen molar-refractivity contribution in [2.75, 3.05) is 0 Å². The molecule has 0 saturated carbocycles. The fourth-order valence-electron chi connectivity index (χ4n) is 0.797. The van der Waals surface area contributed by atoms with E-state index in [-0.39, 0.29) is 16.1 Å². The highest BCUT2D eigenvalue weighted by Gasteiger charge is 2.08. The zero-order valence-electron chi connectivity index (χ0n) is 6.17. The van der Waals surface area contributed by atoms with Crippen LogP contribution in [0.15, 0.2) is 12.1 Å². The van der Waals surface area contributed by atoms with E-state index in [9.17, 15) is 8.42 Å². The molecule has 0 bridgehead atoms. The normalized spacial score (nSPS) is 11.6. The second kappa shape index (κ2) is 4.00. The van der Waals surface area contributed by atoms with Crippen LogP contribution < -0.4 is 0 Å². The molecule has 13 heavy (non-hydrogen) atoms. The second-order valence-electron chi connectivity index (χ2n) is 2.30. The molecule has 0 unspecified atom stereocenters. The van der Waals surface area contributed by atoms with Gasteiger partial charge in [0.1, 0.15) is 10.3 Å². The standard InChI is InChI=1S/C6H4Cl3NO2S/c7-5-1-4(2-6(8)10-5)3-13(9,11)12/h1-2H,3H2. The van der Waals surface area contributed by atoms with Crippen LogP contribution in [0.4, 0.5) is 0 Å². The number of halogens is 3. The topological polar surface area (TPSA) is 47.0 Å². The summed E-state index contributed by atoms with van der Waals surface area (Å²) in [7, 11) is 1.45. The zero-order valence-corrected chi connectivity index (χ0v) is 9.25. The van der Waals surface area contributed by atoms with Crippen LogP contribution in [-0.4, -0.2) is 13.4 Å². The Balaban J connectivity index is 3.03. The van der Waals surface area contributed by atoms with Crippen molar-refractivity contribution in [1.82, 2.24) is 4.98 Å². The highest BCUT2D eigenvalue weighted by Crippen LogP contribution is 2.17. The molecular weight excluding hydrogens is 256 g/mol. The Morgan fingerprint density at radius 1 is 1.23 bits per heavy atom. The van der Waals surface area contributed by atoms with Crippen LogP contribution in [0.3, 0.4) is 0 Å². The maximum absolute atomic E-state index is 10.7. The monoisotopic (exact) mass is 259 g/mol. The summed E-state index contributed by atoms with van der Waals surface area (Å²) in [4.78, 5) is 3.66. The highest BCUT2D eigenvalue weighted by atomic mass is 35.7.